The van der Waals surface area contributed by atoms with Gasteiger partial charge < -0.3 is 10.6 Å². The van der Waals surface area contributed by atoms with Gasteiger partial charge in [-0.2, -0.15) is 0 Å². The fourth-order valence-corrected chi connectivity index (χ4v) is 3.62. The lowest BCUT2D eigenvalue weighted by molar-refractivity contribution is -0.116. The molecular weight excluding hydrogens is 300 g/mol. The predicted molar refractivity (Wildman–Crippen MR) is 91.3 cm³/mol. The normalized spacial score (nSPS) is 23.3. The topological polar surface area (TPSA) is 58.2 Å². The first kappa shape index (κ1) is 14.7. The van der Waals surface area contributed by atoms with Gasteiger partial charge in [0.25, 0.3) is 0 Å². The molecule has 0 bridgehead atoms. The van der Waals surface area contributed by atoms with E-state index in [1.54, 1.807) is 0 Å². The zero-order valence-electron chi connectivity index (χ0n) is 13.2. The van der Waals surface area contributed by atoms with E-state index in [1.165, 1.54) is 0 Å². The van der Waals surface area contributed by atoms with Crippen molar-refractivity contribution in [2.45, 2.75) is 24.8 Å². The van der Waals surface area contributed by atoms with Gasteiger partial charge in [0, 0.05) is 17.7 Å². The van der Waals surface area contributed by atoms with Crippen LogP contribution in [0.4, 0.5) is 4.79 Å². The van der Waals surface area contributed by atoms with Crippen LogP contribution in [0.15, 0.2) is 71.9 Å². The Kier molecular flexibility index (Phi) is 3.65. The lowest BCUT2D eigenvalue weighted by Crippen LogP contribution is -2.47. The van der Waals surface area contributed by atoms with Crippen LogP contribution in [-0.2, 0) is 4.79 Å². The largest absolute Gasteiger partial charge is 0.327 e. The average molecular weight is 318 g/mol. The fourth-order valence-electron chi connectivity index (χ4n) is 3.62. The molecule has 2 aromatic carbocycles. The van der Waals surface area contributed by atoms with Crippen LogP contribution >= 0.6 is 0 Å². The van der Waals surface area contributed by atoms with Gasteiger partial charge >= 0.3 is 6.03 Å². The number of hydrogen-bond acceptors (Lipinski definition) is 2. The summed E-state index contributed by atoms with van der Waals surface area (Å²) in [7, 11) is 0. The molecule has 0 saturated heterocycles. The second-order valence-electron chi connectivity index (χ2n) is 6.27. The molecule has 2 aromatic rings. The Morgan fingerprint density at radius 3 is 2.08 bits per heavy atom. The van der Waals surface area contributed by atoms with Gasteiger partial charge in [-0.3, -0.25) is 4.79 Å². The minimum absolute atomic E-state index is 0.103. The zero-order valence-corrected chi connectivity index (χ0v) is 13.2. The lowest BCUT2D eigenvalue weighted by atomic mass is 9.78. The second-order valence-corrected chi connectivity index (χ2v) is 6.27. The van der Waals surface area contributed by atoms with Crippen LogP contribution in [0.25, 0.3) is 0 Å². The van der Waals surface area contributed by atoms with Crippen LogP contribution in [0.5, 0.6) is 0 Å². The Morgan fingerprint density at radius 1 is 0.792 bits per heavy atom. The summed E-state index contributed by atoms with van der Waals surface area (Å²) < 4.78 is 0. The summed E-state index contributed by atoms with van der Waals surface area (Å²) in [5.41, 5.74) is 3.54. The third kappa shape index (κ3) is 2.60. The maximum atomic E-state index is 12.9. The monoisotopic (exact) mass is 318 g/mol. The van der Waals surface area contributed by atoms with E-state index >= 15 is 0 Å². The molecule has 0 spiro atoms. The number of Topliss-reactive ketones (excluding diaryl/α,β-unsaturated/α-hetero) is 1. The number of hydrogen-bond donors (Lipinski definition) is 2. The van der Waals surface area contributed by atoms with Crippen molar-refractivity contribution in [1.29, 1.82) is 0 Å². The highest BCUT2D eigenvalue weighted by molar-refractivity contribution is 6.01. The third-order valence-corrected chi connectivity index (χ3v) is 4.74. The highest BCUT2D eigenvalue weighted by atomic mass is 16.2. The van der Waals surface area contributed by atoms with Gasteiger partial charge in [-0.05, 0) is 23.5 Å². The summed E-state index contributed by atoms with van der Waals surface area (Å²) in [5.74, 6) is 0.221. The van der Waals surface area contributed by atoms with Crippen LogP contribution in [0.2, 0.25) is 0 Å². The van der Waals surface area contributed by atoms with E-state index in [1.807, 2.05) is 60.7 Å². The van der Waals surface area contributed by atoms with E-state index in [0.29, 0.717) is 18.4 Å². The Labute approximate surface area is 140 Å². The SMILES string of the molecule is O=C1NC2=C(C(=O)C[C@H](c3ccccc3)C2)[C@@H](c2ccccc2)N1. The third-order valence-electron chi connectivity index (χ3n) is 4.74. The van der Waals surface area contributed by atoms with Crippen molar-refractivity contribution in [2.24, 2.45) is 0 Å². The first-order valence-corrected chi connectivity index (χ1v) is 8.16. The Morgan fingerprint density at radius 2 is 1.42 bits per heavy atom. The molecule has 0 saturated carbocycles. The van der Waals surface area contributed by atoms with E-state index in [0.717, 1.165) is 16.8 Å². The van der Waals surface area contributed by atoms with Crippen LogP contribution in [0.3, 0.4) is 0 Å². The number of carbonyl (C=O) groups is 2. The molecule has 120 valence electrons. The van der Waals surface area contributed by atoms with Crippen LogP contribution < -0.4 is 10.6 Å². The number of rotatable bonds is 2. The fraction of sp³-hybridized carbons (Fsp3) is 0.200. The first-order valence-electron chi connectivity index (χ1n) is 8.16. The lowest BCUT2D eigenvalue weighted by Gasteiger charge is -2.35. The number of nitrogens with one attached hydrogen (secondary N) is 2. The number of carbonyl (C=O) groups excluding carboxylic acids is 2. The molecule has 0 unspecified atom stereocenters. The summed E-state index contributed by atoms with van der Waals surface area (Å²) in [4.78, 5) is 24.9. The maximum absolute atomic E-state index is 12.9. The molecule has 4 nitrogen and oxygen atoms in total. The summed E-state index contributed by atoms with van der Waals surface area (Å²) in [6, 6.07) is 19.1. The van der Waals surface area contributed by atoms with Gasteiger partial charge in [0.1, 0.15) is 0 Å². The van der Waals surface area contributed by atoms with E-state index in [2.05, 4.69) is 10.6 Å². The van der Waals surface area contributed by atoms with Gasteiger partial charge in [-0.25, -0.2) is 4.79 Å². The standard InChI is InChI=1S/C20H18N2O2/c23-17-12-15(13-7-3-1-4-8-13)11-16-18(17)19(22-20(24)21-16)14-9-5-2-6-10-14/h1-10,15,19H,11-12H2,(H2,21,22,24)/t15-,19-/m1/s1. The molecule has 0 aromatic heterocycles. The minimum Gasteiger partial charge on any atom is -0.327 e. The van der Waals surface area contributed by atoms with Gasteiger partial charge in [0.05, 0.1) is 6.04 Å². The maximum Gasteiger partial charge on any atom is 0.319 e. The van der Waals surface area contributed by atoms with Crippen LogP contribution in [0, 0.1) is 0 Å². The Bertz CT molecular complexity index is 812. The summed E-state index contributed by atoms with van der Waals surface area (Å²) >= 11 is 0. The molecule has 2 aliphatic rings. The second kappa shape index (κ2) is 5.96. The van der Waals surface area contributed by atoms with Crippen molar-refractivity contribution in [2.75, 3.05) is 0 Å². The smallest absolute Gasteiger partial charge is 0.319 e. The van der Waals surface area contributed by atoms with Crippen molar-refractivity contribution in [1.82, 2.24) is 10.6 Å². The predicted octanol–water partition coefficient (Wildman–Crippen LogP) is 3.44. The van der Waals surface area contributed by atoms with E-state index in [-0.39, 0.29) is 23.8 Å². The average Bonchev–Trinajstić information content (AvgIpc) is 2.62. The Hall–Kier alpha value is -2.88. The minimum atomic E-state index is -0.362. The number of benzene rings is 2. The summed E-state index contributed by atoms with van der Waals surface area (Å²) in [6.45, 7) is 0. The molecule has 24 heavy (non-hydrogen) atoms. The highest BCUT2D eigenvalue weighted by Crippen LogP contribution is 2.39. The quantitative estimate of drug-likeness (QED) is 0.891. The van der Waals surface area contributed by atoms with Gasteiger partial charge in [0.15, 0.2) is 5.78 Å². The number of allylic oxidation sites excluding steroid dienone is 1. The van der Waals surface area contributed by atoms with Gasteiger partial charge in [-0.1, -0.05) is 60.7 Å². The van der Waals surface area contributed by atoms with Crippen molar-refractivity contribution in [3.63, 3.8) is 0 Å². The molecule has 4 rings (SSSR count). The van der Waals surface area contributed by atoms with Crippen molar-refractivity contribution in [3.05, 3.63) is 83.1 Å². The van der Waals surface area contributed by atoms with E-state index in [4.69, 9.17) is 0 Å². The number of urea groups is 1. The van der Waals surface area contributed by atoms with Crippen molar-refractivity contribution < 1.29 is 9.59 Å². The van der Waals surface area contributed by atoms with Crippen molar-refractivity contribution in [3.8, 4) is 0 Å². The molecule has 0 fully saturated rings. The summed E-state index contributed by atoms with van der Waals surface area (Å²) in [5, 5.41) is 5.75. The first-order chi connectivity index (χ1) is 11.7. The van der Waals surface area contributed by atoms with Crippen LogP contribution in [-0.4, -0.2) is 11.8 Å². The Balaban J connectivity index is 1.72. The molecular formula is C20H18N2O2. The van der Waals surface area contributed by atoms with Gasteiger partial charge in [-0.15, -0.1) is 0 Å². The molecule has 1 aliphatic carbocycles. The van der Waals surface area contributed by atoms with E-state index in [9.17, 15) is 9.59 Å². The molecule has 1 heterocycles. The number of ketones is 1. The highest BCUT2D eigenvalue weighted by Gasteiger charge is 2.37. The zero-order chi connectivity index (χ0) is 16.5. The number of amides is 2. The molecule has 2 atom stereocenters. The molecule has 4 heteroatoms. The molecule has 0 radical (unpaired) electrons. The molecule has 1 aliphatic heterocycles. The van der Waals surface area contributed by atoms with E-state index < -0.39 is 0 Å². The van der Waals surface area contributed by atoms with Gasteiger partial charge in [0.2, 0.25) is 0 Å². The molecule has 2 N–H and O–H groups in total. The van der Waals surface area contributed by atoms with Crippen LogP contribution in [0.1, 0.15) is 35.9 Å². The summed E-state index contributed by atoms with van der Waals surface area (Å²) in [6.07, 6.45) is 1.16. The van der Waals surface area contributed by atoms with Crippen molar-refractivity contribution >= 4 is 11.8 Å². The molecule has 2 amide bonds.